The fraction of sp³-hybridized carbons (Fsp3) is 0.286. The lowest BCUT2D eigenvalue weighted by molar-refractivity contribution is 0.101. The first-order valence-corrected chi connectivity index (χ1v) is 9.15. The van der Waals surface area contributed by atoms with Gasteiger partial charge in [0, 0.05) is 42.8 Å². The van der Waals surface area contributed by atoms with Gasteiger partial charge in [0.05, 0.1) is 18.4 Å². The maximum Gasteiger partial charge on any atom is 0.207 e. The quantitative estimate of drug-likeness (QED) is 0.667. The van der Waals surface area contributed by atoms with Crippen LogP contribution in [-0.2, 0) is 6.67 Å². The predicted octanol–water partition coefficient (Wildman–Crippen LogP) is 2.38. The van der Waals surface area contributed by atoms with Crippen LogP contribution >= 0.6 is 0 Å². The Labute approximate surface area is 157 Å². The van der Waals surface area contributed by atoms with Gasteiger partial charge in [-0.15, -0.1) is 0 Å². The van der Waals surface area contributed by atoms with Crippen LogP contribution in [0.25, 0.3) is 10.9 Å². The van der Waals surface area contributed by atoms with Crippen molar-refractivity contribution in [2.45, 2.75) is 13.6 Å². The second-order valence-corrected chi connectivity index (χ2v) is 6.88. The fourth-order valence-electron chi connectivity index (χ4n) is 3.52. The molecule has 1 aromatic heterocycles. The SMILES string of the molecule is CC(=O)c1ccc(N2CCN(Cn3ncc(=O)c4ccccc43)CC2)cc1. The molecule has 1 aliphatic rings. The molecule has 27 heavy (non-hydrogen) atoms. The zero-order chi connectivity index (χ0) is 18.8. The fourth-order valence-corrected chi connectivity index (χ4v) is 3.52. The molecule has 2 aromatic carbocycles. The van der Waals surface area contributed by atoms with Gasteiger partial charge in [0.15, 0.2) is 5.78 Å². The van der Waals surface area contributed by atoms with E-state index < -0.39 is 0 Å². The summed E-state index contributed by atoms with van der Waals surface area (Å²) in [5.41, 5.74) is 2.72. The summed E-state index contributed by atoms with van der Waals surface area (Å²) >= 11 is 0. The van der Waals surface area contributed by atoms with Crippen LogP contribution in [0, 0.1) is 0 Å². The van der Waals surface area contributed by atoms with E-state index >= 15 is 0 Å². The van der Waals surface area contributed by atoms with E-state index in [0.717, 1.165) is 42.9 Å². The Morgan fingerprint density at radius 1 is 1.00 bits per heavy atom. The molecule has 4 rings (SSSR count). The molecule has 2 heterocycles. The Bertz CT molecular complexity index is 1020. The number of ketones is 1. The zero-order valence-electron chi connectivity index (χ0n) is 15.3. The number of carbonyl (C=O) groups is 1. The average molecular weight is 362 g/mol. The number of carbonyl (C=O) groups excluding carboxylic acids is 1. The van der Waals surface area contributed by atoms with Crippen LogP contribution in [-0.4, -0.2) is 46.6 Å². The number of benzene rings is 2. The minimum absolute atomic E-state index is 0.0410. The van der Waals surface area contributed by atoms with Crippen molar-refractivity contribution in [2.24, 2.45) is 0 Å². The zero-order valence-corrected chi connectivity index (χ0v) is 15.3. The van der Waals surface area contributed by atoms with Gasteiger partial charge in [0.2, 0.25) is 5.43 Å². The molecule has 6 heteroatoms. The van der Waals surface area contributed by atoms with Gasteiger partial charge < -0.3 is 4.90 Å². The Kier molecular flexibility index (Phi) is 4.73. The molecular formula is C21H22N4O2. The van der Waals surface area contributed by atoms with Crippen molar-refractivity contribution in [3.63, 3.8) is 0 Å². The van der Waals surface area contributed by atoms with Crippen molar-refractivity contribution in [3.05, 3.63) is 70.5 Å². The number of para-hydroxylation sites is 1. The molecule has 138 valence electrons. The average Bonchev–Trinajstić information content (AvgIpc) is 2.71. The van der Waals surface area contributed by atoms with Gasteiger partial charge in [-0.3, -0.25) is 19.2 Å². The van der Waals surface area contributed by atoms with E-state index in [-0.39, 0.29) is 11.2 Å². The van der Waals surface area contributed by atoms with Gasteiger partial charge in [-0.1, -0.05) is 12.1 Å². The first-order chi connectivity index (χ1) is 13.1. The van der Waals surface area contributed by atoms with Crippen molar-refractivity contribution in [2.75, 3.05) is 31.1 Å². The molecule has 0 amide bonds. The number of hydrogen-bond acceptors (Lipinski definition) is 5. The van der Waals surface area contributed by atoms with E-state index in [1.165, 1.54) is 6.20 Å². The van der Waals surface area contributed by atoms with Crippen LogP contribution < -0.4 is 10.3 Å². The summed E-state index contributed by atoms with van der Waals surface area (Å²) in [6, 6.07) is 15.4. The number of nitrogens with zero attached hydrogens (tertiary/aromatic N) is 4. The molecule has 0 aliphatic carbocycles. The molecule has 1 fully saturated rings. The highest BCUT2D eigenvalue weighted by Gasteiger charge is 2.18. The molecule has 1 aliphatic heterocycles. The maximum atomic E-state index is 12.0. The molecule has 0 radical (unpaired) electrons. The minimum Gasteiger partial charge on any atom is -0.369 e. The minimum atomic E-state index is -0.0410. The summed E-state index contributed by atoms with van der Waals surface area (Å²) in [5, 5.41) is 5.03. The predicted molar refractivity (Wildman–Crippen MR) is 106 cm³/mol. The Balaban J connectivity index is 1.44. The van der Waals surface area contributed by atoms with Crippen LogP contribution in [0.3, 0.4) is 0 Å². The maximum absolute atomic E-state index is 12.0. The van der Waals surface area contributed by atoms with E-state index in [4.69, 9.17) is 0 Å². The number of hydrogen-bond donors (Lipinski definition) is 0. The number of rotatable bonds is 4. The van der Waals surface area contributed by atoms with Crippen LogP contribution in [0.1, 0.15) is 17.3 Å². The lowest BCUT2D eigenvalue weighted by Gasteiger charge is -2.36. The number of piperazine rings is 1. The van der Waals surface area contributed by atoms with Crippen molar-refractivity contribution in [3.8, 4) is 0 Å². The Morgan fingerprint density at radius 2 is 1.70 bits per heavy atom. The third kappa shape index (κ3) is 3.61. The molecule has 3 aromatic rings. The molecule has 0 atom stereocenters. The monoisotopic (exact) mass is 362 g/mol. The topological polar surface area (TPSA) is 58.4 Å². The van der Waals surface area contributed by atoms with E-state index in [1.807, 2.05) is 53.2 Å². The van der Waals surface area contributed by atoms with E-state index in [9.17, 15) is 9.59 Å². The molecule has 1 saturated heterocycles. The summed E-state index contributed by atoms with van der Waals surface area (Å²) in [5.74, 6) is 0.0900. The number of anilines is 1. The summed E-state index contributed by atoms with van der Waals surface area (Å²) < 4.78 is 1.90. The van der Waals surface area contributed by atoms with Gasteiger partial charge in [-0.2, -0.15) is 5.10 Å². The number of aromatic nitrogens is 2. The van der Waals surface area contributed by atoms with E-state index in [1.54, 1.807) is 6.92 Å². The summed E-state index contributed by atoms with van der Waals surface area (Å²) in [6.45, 7) is 5.91. The van der Waals surface area contributed by atoms with Crippen molar-refractivity contribution >= 4 is 22.4 Å². The molecular weight excluding hydrogens is 340 g/mol. The van der Waals surface area contributed by atoms with Crippen LogP contribution in [0.5, 0.6) is 0 Å². The third-order valence-electron chi connectivity index (χ3n) is 5.11. The number of fused-ring (bicyclic) bond motifs is 1. The first kappa shape index (κ1) is 17.4. The summed E-state index contributed by atoms with van der Waals surface area (Å²) in [7, 11) is 0. The highest BCUT2D eigenvalue weighted by Crippen LogP contribution is 2.18. The van der Waals surface area contributed by atoms with E-state index in [0.29, 0.717) is 12.1 Å². The van der Waals surface area contributed by atoms with Gasteiger partial charge in [0.1, 0.15) is 0 Å². The summed E-state index contributed by atoms with van der Waals surface area (Å²) in [6.07, 6.45) is 1.40. The highest BCUT2D eigenvalue weighted by atomic mass is 16.1. The lowest BCUT2D eigenvalue weighted by Crippen LogP contribution is -2.47. The molecule has 0 unspecified atom stereocenters. The van der Waals surface area contributed by atoms with Crippen LogP contribution in [0.4, 0.5) is 5.69 Å². The molecule has 6 nitrogen and oxygen atoms in total. The molecule has 0 N–H and O–H groups in total. The van der Waals surface area contributed by atoms with Gasteiger partial charge >= 0.3 is 0 Å². The molecule has 0 spiro atoms. The van der Waals surface area contributed by atoms with Crippen molar-refractivity contribution < 1.29 is 4.79 Å². The molecule has 0 bridgehead atoms. The lowest BCUT2D eigenvalue weighted by atomic mass is 10.1. The number of Topliss-reactive ketones (excluding diaryl/α,β-unsaturated/α-hetero) is 1. The third-order valence-corrected chi connectivity index (χ3v) is 5.11. The second-order valence-electron chi connectivity index (χ2n) is 6.88. The van der Waals surface area contributed by atoms with Crippen molar-refractivity contribution in [1.82, 2.24) is 14.7 Å². The highest BCUT2D eigenvalue weighted by molar-refractivity contribution is 5.94. The smallest absolute Gasteiger partial charge is 0.207 e. The van der Waals surface area contributed by atoms with Gasteiger partial charge in [-0.25, -0.2) is 0 Å². The first-order valence-electron chi connectivity index (χ1n) is 9.15. The summed E-state index contributed by atoms with van der Waals surface area (Å²) in [4.78, 5) is 28.1. The largest absolute Gasteiger partial charge is 0.369 e. The normalized spacial score (nSPS) is 15.2. The standard InChI is InChI=1S/C21H22N4O2/c1-16(26)17-6-8-18(9-7-17)24-12-10-23(11-13-24)15-25-20-5-3-2-4-19(20)21(27)14-22-25/h2-9,14H,10-13,15H2,1H3. The Hall–Kier alpha value is -2.99. The van der Waals surface area contributed by atoms with Crippen LogP contribution in [0.15, 0.2) is 59.5 Å². The molecule has 0 saturated carbocycles. The van der Waals surface area contributed by atoms with E-state index in [2.05, 4.69) is 14.9 Å². The van der Waals surface area contributed by atoms with Crippen molar-refractivity contribution in [1.29, 1.82) is 0 Å². The Morgan fingerprint density at radius 3 is 2.41 bits per heavy atom. The second kappa shape index (κ2) is 7.32. The van der Waals surface area contributed by atoms with Crippen LogP contribution in [0.2, 0.25) is 0 Å². The van der Waals surface area contributed by atoms with Gasteiger partial charge in [-0.05, 0) is 43.3 Å². The van der Waals surface area contributed by atoms with Gasteiger partial charge in [0.25, 0.3) is 0 Å².